The van der Waals surface area contributed by atoms with Gasteiger partial charge in [0.1, 0.15) is 5.56 Å². The smallest absolute Gasteiger partial charge is 0.349 e. The molecule has 0 aliphatic rings. The molecule has 100 valence electrons. The van der Waals surface area contributed by atoms with Gasteiger partial charge in [-0.05, 0) is 24.6 Å². The number of hydroxylamine groups is 1. The van der Waals surface area contributed by atoms with Crippen LogP contribution in [0.4, 0.5) is 0 Å². The van der Waals surface area contributed by atoms with Gasteiger partial charge in [0.25, 0.3) is 5.91 Å². The molecular formula is C12H10BrNO5. The van der Waals surface area contributed by atoms with Crippen LogP contribution in [0.3, 0.4) is 0 Å². The number of halogens is 1. The maximum atomic E-state index is 11.8. The first-order valence-corrected chi connectivity index (χ1v) is 6.04. The monoisotopic (exact) mass is 327 g/mol. The summed E-state index contributed by atoms with van der Waals surface area (Å²) >= 11 is 3.31. The first kappa shape index (κ1) is 13.6. The summed E-state index contributed by atoms with van der Waals surface area (Å²) in [6.45, 7) is 1.59. The molecule has 0 bridgehead atoms. The van der Waals surface area contributed by atoms with E-state index in [9.17, 15) is 9.59 Å². The van der Waals surface area contributed by atoms with Crippen molar-refractivity contribution in [3.05, 3.63) is 38.2 Å². The number of amides is 1. The van der Waals surface area contributed by atoms with Gasteiger partial charge in [0.05, 0.1) is 7.11 Å². The molecule has 19 heavy (non-hydrogen) atoms. The van der Waals surface area contributed by atoms with Gasteiger partial charge in [-0.1, -0.05) is 15.9 Å². The predicted octanol–water partition coefficient (Wildman–Crippen LogP) is 1.99. The van der Waals surface area contributed by atoms with Gasteiger partial charge in [-0.25, -0.2) is 10.3 Å². The summed E-state index contributed by atoms with van der Waals surface area (Å²) in [5, 5.41) is 9.20. The SMILES string of the molecule is COc1cc(Br)cc2c(C)c(C(=O)NO)c(=O)oc12. The second-order valence-corrected chi connectivity index (χ2v) is 4.73. The Morgan fingerprint density at radius 2 is 2.16 bits per heavy atom. The molecule has 6 nitrogen and oxygen atoms in total. The number of benzene rings is 1. The number of hydrogen-bond donors (Lipinski definition) is 2. The summed E-state index contributed by atoms with van der Waals surface area (Å²) in [7, 11) is 1.45. The zero-order valence-corrected chi connectivity index (χ0v) is 11.7. The zero-order chi connectivity index (χ0) is 14.2. The van der Waals surface area contributed by atoms with Crippen molar-refractivity contribution in [2.24, 2.45) is 0 Å². The fourth-order valence-electron chi connectivity index (χ4n) is 1.85. The Morgan fingerprint density at radius 3 is 2.74 bits per heavy atom. The van der Waals surface area contributed by atoms with Gasteiger partial charge in [0.2, 0.25) is 0 Å². The van der Waals surface area contributed by atoms with Gasteiger partial charge in [-0.2, -0.15) is 0 Å². The lowest BCUT2D eigenvalue weighted by atomic mass is 10.1. The molecule has 2 rings (SSSR count). The highest BCUT2D eigenvalue weighted by atomic mass is 79.9. The second kappa shape index (κ2) is 5.02. The van der Waals surface area contributed by atoms with Crippen molar-refractivity contribution >= 4 is 32.8 Å². The second-order valence-electron chi connectivity index (χ2n) is 3.82. The lowest BCUT2D eigenvalue weighted by molar-refractivity contribution is 0.0701. The first-order valence-electron chi connectivity index (χ1n) is 5.25. The summed E-state index contributed by atoms with van der Waals surface area (Å²) < 4.78 is 10.9. The van der Waals surface area contributed by atoms with Crippen molar-refractivity contribution in [1.29, 1.82) is 0 Å². The number of fused-ring (bicyclic) bond motifs is 1. The van der Waals surface area contributed by atoms with Gasteiger partial charge in [0.15, 0.2) is 11.3 Å². The Hall–Kier alpha value is -1.86. The molecule has 0 saturated carbocycles. The largest absolute Gasteiger partial charge is 0.493 e. The van der Waals surface area contributed by atoms with E-state index in [4.69, 9.17) is 14.4 Å². The van der Waals surface area contributed by atoms with Crippen molar-refractivity contribution in [3.63, 3.8) is 0 Å². The third-order valence-electron chi connectivity index (χ3n) is 2.75. The molecule has 2 aromatic rings. The van der Waals surface area contributed by atoms with E-state index in [1.54, 1.807) is 19.1 Å². The summed E-state index contributed by atoms with van der Waals surface area (Å²) in [6.07, 6.45) is 0. The van der Waals surface area contributed by atoms with Crippen molar-refractivity contribution < 1.29 is 19.2 Å². The van der Waals surface area contributed by atoms with E-state index in [-0.39, 0.29) is 11.1 Å². The van der Waals surface area contributed by atoms with Crippen LogP contribution in [0.1, 0.15) is 15.9 Å². The quantitative estimate of drug-likeness (QED) is 0.500. The average molecular weight is 328 g/mol. The maximum absolute atomic E-state index is 11.8. The molecular weight excluding hydrogens is 318 g/mol. The number of carbonyl (C=O) groups excluding carboxylic acids is 1. The summed E-state index contributed by atoms with van der Waals surface area (Å²) in [6, 6.07) is 3.35. The molecule has 0 aliphatic carbocycles. The van der Waals surface area contributed by atoms with Crippen molar-refractivity contribution in [2.75, 3.05) is 7.11 Å². The van der Waals surface area contributed by atoms with Crippen LogP contribution in [-0.4, -0.2) is 18.2 Å². The molecule has 1 aromatic heterocycles. The molecule has 7 heteroatoms. The predicted molar refractivity (Wildman–Crippen MR) is 70.7 cm³/mol. The molecule has 1 heterocycles. The number of methoxy groups -OCH3 is 1. The number of hydrogen-bond acceptors (Lipinski definition) is 5. The minimum atomic E-state index is -0.910. The van der Waals surface area contributed by atoms with Gasteiger partial charge in [-0.15, -0.1) is 0 Å². The number of ether oxygens (including phenoxy) is 1. The van der Waals surface area contributed by atoms with Crippen molar-refractivity contribution in [3.8, 4) is 5.75 Å². The van der Waals surface area contributed by atoms with Crippen molar-refractivity contribution in [2.45, 2.75) is 6.92 Å². The highest BCUT2D eigenvalue weighted by Gasteiger charge is 2.20. The molecule has 2 N–H and O–H groups in total. The van der Waals surface area contributed by atoms with E-state index in [2.05, 4.69) is 15.9 Å². The third-order valence-corrected chi connectivity index (χ3v) is 3.20. The number of carbonyl (C=O) groups is 1. The Labute approximate surface area is 116 Å². The molecule has 0 unspecified atom stereocenters. The van der Waals surface area contributed by atoms with E-state index in [0.29, 0.717) is 21.2 Å². The van der Waals surface area contributed by atoms with Gasteiger partial charge in [0, 0.05) is 9.86 Å². The summed E-state index contributed by atoms with van der Waals surface area (Å²) in [5.41, 5.74) is 1.01. The van der Waals surface area contributed by atoms with E-state index < -0.39 is 11.5 Å². The molecule has 0 aliphatic heterocycles. The fraction of sp³-hybridized carbons (Fsp3) is 0.167. The maximum Gasteiger partial charge on any atom is 0.349 e. The van der Waals surface area contributed by atoms with Crippen LogP contribution >= 0.6 is 15.9 Å². The van der Waals surface area contributed by atoms with Crippen LogP contribution < -0.4 is 15.8 Å². The van der Waals surface area contributed by atoms with E-state index in [1.165, 1.54) is 12.6 Å². The zero-order valence-electron chi connectivity index (χ0n) is 10.1. The van der Waals surface area contributed by atoms with E-state index in [1.807, 2.05) is 0 Å². The normalized spacial score (nSPS) is 10.5. The summed E-state index contributed by atoms with van der Waals surface area (Å²) in [4.78, 5) is 23.3. The lowest BCUT2D eigenvalue weighted by Gasteiger charge is -2.09. The molecule has 0 radical (unpaired) electrons. The van der Waals surface area contributed by atoms with E-state index in [0.717, 1.165) is 0 Å². The van der Waals surface area contributed by atoms with Crippen LogP contribution in [0.5, 0.6) is 5.75 Å². The summed E-state index contributed by atoms with van der Waals surface area (Å²) in [5.74, 6) is -0.535. The van der Waals surface area contributed by atoms with Crippen LogP contribution in [0.2, 0.25) is 0 Å². The van der Waals surface area contributed by atoms with Crippen LogP contribution in [0.15, 0.2) is 25.8 Å². The first-order chi connectivity index (χ1) is 8.99. The lowest BCUT2D eigenvalue weighted by Crippen LogP contribution is -2.26. The van der Waals surface area contributed by atoms with Crippen LogP contribution in [-0.2, 0) is 0 Å². The minimum Gasteiger partial charge on any atom is -0.493 e. The van der Waals surface area contributed by atoms with E-state index >= 15 is 0 Å². The number of aryl methyl sites for hydroxylation is 1. The van der Waals surface area contributed by atoms with Gasteiger partial charge in [-0.3, -0.25) is 10.0 Å². The minimum absolute atomic E-state index is 0.241. The fourth-order valence-corrected chi connectivity index (χ4v) is 2.29. The number of rotatable bonds is 2. The topological polar surface area (TPSA) is 88.8 Å². The molecule has 0 saturated heterocycles. The Morgan fingerprint density at radius 1 is 1.47 bits per heavy atom. The Bertz CT molecular complexity index is 722. The molecule has 1 amide bonds. The average Bonchev–Trinajstić information content (AvgIpc) is 2.38. The number of nitrogens with one attached hydrogen (secondary N) is 1. The van der Waals surface area contributed by atoms with Gasteiger partial charge >= 0.3 is 5.63 Å². The molecule has 0 atom stereocenters. The molecule has 0 fully saturated rings. The highest BCUT2D eigenvalue weighted by molar-refractivity contribution is 9.10. The standard InChI is InChI=1S/C12H10BrNO5/c1-5-7-3-6(13)4-8(18-2)10(7)19-12(16)9(5)11(15)14-17/h3-4,17H,1-2H3,(H,14,15). The van der Waals surface area contributed by atoms with Crippen LogP contribution in [0, 0.1) is 6.92 Å². The van der Waals surface area contributed by atoms with Crippen LogP contribution in [0.25, 0.3) is 11.0 Å². The van der Waals surface area contributed by atoms with Gasteiger partial charge < -0.3 is 9.15 Å². The Balaban J connectivity index is 2.92. The highest BCUT2D eigenvalue weighted by Crippen LogP contribution is 2.31. The molecule has 0 spiro atoms. The van der Waals surface area contributed by atoms with Crippen molar-refractivity contribution in [1.82, 2.24) is 5.48 Å². The Kier molecular flexibility index (Phi) is 3.59. The molecule has 1 aromatic carbocycles. The third kappa shape index (κ3) is 2.22.